The molecule has 0 amide bonds. The van der Waals surface area contributed by atoms with Crippen molar-refractivity contribution in [3.63, 3.8) is 0 Å². The fourth-order valence-corrected chi connectivity index (χ4v) is 5.18. The number of azo groups is 3. The molecule has 222 valence electrons. The highest BCUT2D eigenvalue weighted by Crippen LogP contribution is 2.37. The molecule has 5 aromatic carbocycles. The van der Waals surface area contributed by atoms with Gasteiger partial charge in [-0.15, -0.1) is 15.3 Å². The molecule has 0 spiro atoms. The van der Waals surface area contributed by atoms with Crippen molar-refractivity contribution in [2.24, 2.45) is 30.7 Å². The number of hydrogen-bond acceptors (Lipinski definition) is 12. The molecule has 0 bridgehead atoms. The molecule has 5 N–H and O–H groups in total. The zero-order chi connectivity index (χ0) is 31.5. The van der Waals surface area contributed by atoms with Gasteiger partial charge in [-0.3, -0.25) is 9.11 Å². The topological polar surface area (TPSA) is 229 Å². The molecule has 44 heavy (non-hydrogen) atoms. The summed E-state index contributed by atoms with van der Waals surface area (Å²) in [6, 6.07) is 23.8. The van der Waals surface area contributed by atoms with E-state index in [4.69, 9.17) is 5.73 Å². The van der Waals surface area contributed by atoms with Gasteiger partial charge >= 0.3 is 0 Å². The maximum atomic E-state index is 12.2. The summed E-state index contributed by atoms with van der Waals surface area (Å²) in [5.74, 6) is -0.202. The third-order valence-electron chi connectivity index (χ3n) is 6.02. The van der Waals surface area contributed by atoms with Gasteiger partial charge in [-0.2, -0.15) is 32.2 Å². The van der Waals surface area contributed by atoms with E-state index in [2.05, 4.69) is 30.7 Å². The number of anilines is 1. The van der Waals surface area contributed by atoms with Gasteiger partial charge < -0.3 is 10.8 Å². The van der Waals surface area contributed by atoms with E-state index in [1.807, 2.05) is 0 Å². The monoisotopic (exact) mass is 631 g/mol. The van der Waals surface area contributed by atoms with Crippen LogP contribution >= 0.6 is 0 Å². The minimum Gasteiger partial charge on any atom is -0.504 e. The average Bonchev–Trinajstić information content (AvgIpc) is 2.99. The van der Waals surface area contributed by atoms with Gasteiger partial charge in [0.05, 0.1) is 22.7 Å². The molecule has 0 aromatic heterocycles. The number of aromatic hydroxyl groups is 1. The minimum absolute atomic E-state index is 0.0452. The second-order valence-electron chi connectivity index (χ2n) is 9.10. The molecule has 0 saturated heterocycles. The maximum absolute atomic E-state index is 12.2. The van der Waals surface area contributed by atoms with E-state index in [1.165, 1.54) is 36.4 Å². The molecule has 5 rings (SSSR count). The van der Waals surface area contributed by atoms with Crippen molar-refractivity contribution in [3.8, 4) is 5.75 Å². The number of nitrogens with zero attached hydrogens (tertiary/aromatic N) is 6. The summed E-state index contributed by atoms with van der Waals surface area (Å²) in [5, 5.41) is 34.3. The van der Waals surface area contributed by atoms with Crippen LogP contribution in [-0.4, -0.2) is 31.0 Å². The van der Waals surface area contributed by atoms with Crippen molar-refractivity contribution in [2.45, 2.75) is 9.79 Å². The number of nitrogens with two attached hydrogens (primary N) is 1. The highest BCUT2D eigenvalue weighted by Gasteiger charge is 2.21. The van der Waals surface area contributed by atoms with Crippen LogP contribution in [0.5, 0.6) is 5.75 Å². The Bertz CT molecular complexity index is 2190. The van der Waals surface area contributed by atoms with E-state index in [9.17, 15) is 31.0 Å². The Morgan fingerprint density at radius 1 is 0.500 bits per heavy atom. The van der Waals surface area contributed by atoms with Gasteiger partial charge in [0, 0.05) is 0 Å². The number of para-hydroxylation sites is 1. The first kappa shape index (κ1) is 30.1. The third kappa shape index (κ3) is 6.96. The van der Waals surface area contributed by atoms with E-state index in [-0.39, 0.29) is 45.0 Å². The number of nitrogen functional groups attached to an aromatic ring is 1. The van der Waals surface area contributed by atoms with Gasteiger partial charge in [0.15, 0.2) is 5.75 Å². The summed E-state index contributed by atoms with van der Waals surface area (Å²) in [7, 11) is -9.65. The molecule has 0 aliphatic rings. The molecule has 0 radical (unpaired) electrons. The first-order valence-corrected chi connectivity index (χ1v) is 15.3. The average molecular weight is 632 g/mol. The molecule has 0 heterocycles. The van der Waals surface area contributed by atoms with Crippen LogP contribution in [0.3, 0.4) is 0 Å². The fourth-order valence-electron chi connectivity index (χ4n) is 3.90. The summed E-state index contributed by atoms with van der Waals surface area (Å²) in [5.41, 5.74) is 6.62. The first-order valence-electron chi connectivity index (χ1n) is 12.4. The molecule has 0 unspecified atom stereocenters. The predicted molar refractivity (Wildman–Crippen MR) is 162 cm³/mol. The quantitative estimate of drug-likeness (QED) is 0.0568. The summed E-state index contributed by atoms with van der Waals surface area (Å²) in [6.07, 6.45) is 0. The van der Waals surface area contributed by atoms with Crippen LogP contribution in [0.1, 0.15) is 0 Å². The summed E-state index contributed by atoms with van der Waals surface area (Å²) < 4.78 is 68.3. The third-order valence-corrected chi connectivity index (χ3v) is 7.79. The van der Waals surface area contributed by atoms with Gasteiger partial charge in [-0.05, 0) is 83.6 Å². The maximum Gasteiger partial charge on any atom is 0.296 e. The normalized spacial score (nSPS) is 12.6. The summed E-state index contributed by atoms with van der Waals surface area (Å²) >= 11 is 0. The molecule has 0 fully saturated rings. The second-order valence-corrected chi connectivity index (χ2v) is 11.9. The summed E-state index contributed by atoms with van der Waals surface area (Å²) in [4.78, 5) is -1.27. The van der Waals surface area contributed by atoms with Gasteiger partial charge in [-0.25, -0.2) is 0 Å². The molecule has 0 aliphatic heterocycles. The first-order chi connectivity index (χ1) is 20.9. The van der Waals surface area contributed by atoms with Crippen LogP contribution < -0.4 is 5.73 Å². The van der Waals surface area contributed by atoms with Crippen LogP contribution in [0.4, 0.5) is 39.8 Å². The lowest BCUT2D eigenvalue weighted by Crippen LogP contribution is -2.01. The summed E-state index contributed by atoms with van der Waals surface area (Å²) in [6.45, 7) is 0. The Morgan fingerprint density at radius 3 is 1.41 bits per heavy atom. The number of rotatable bonds is 8. The number of phenolic OH excluding ortho intramolecular Hbond substituents is 1. The van der Waals surface area contributed by atoms with Crippen molar-refractivity contribution in [1.29, 1.82) is 0 Å². The second kappa shape index (κ2) is 12.1. The Labute approximate surface area is 250 Å². The molecular formula is C28H21N7O7S2. The largest absolute Gasteiger partial charge is 0.504 e. The van der Waals surface area contributed by atoms with E-state index in [1.54, 1.807) is 48.5 Å². The Balaban J connectivity index is 1.51. The van der Waals surface area contributed by atoms with Crippen LogP contribution in [0.2, 0.25) is 0 Å². The van der Waals surface area contributed by atoms with Crippen LogP contribution in [-0.2, 0) is 20.2 Å². The van der Waals surface area contributed by atoms with Gasteiger partial charge in [-0.1, -0.05) is 24.3 Å². The number of benzene rings is 5. The predicted octanol–water partition coefficient (Wildman–Crippen LogP) is 7.87. The highest BCUT2D eigenvalue weighted by molar-refractivity contribution is 7.86. The zero-order valence-electron chi connectivity index (χ0n) is 22.3. The van der Waals surface area contributed by atoms with E-state index in [0.717, 1.165) is 12.1 Å². The van der Waals surface area contributed by atoms with Crippen LogP contribution in [0.15, 0.2) is 138 Å². The molecule has 5 aromatic rings. The lowest BCUT2D eigenvalue weighted by Gasteiger charge is -2.09. The van der Waals surface area contributed by atoms with Crippen LogP contribution in [0, 0.1) is 0 Å². The molecule has 14 nitrogen and oxygen atoms in total. The van der Waals surface area contributed by atoms with E-state index >= 15 is 0 Å². The van der Waals surface area contributed by atoms with Crippen molar-refractivity contribution in [2.75, 3.05) is 5.73 Å². The van der Waals surface area contributed by atoms with Crippen molar-refractivity contribution in [3.05, 3.63) is 97.1 Å². The van der Waals surface area contributed by atoms with Crippen molar-refractivity contribution in [1.82, 2.24) is 0 Å². The van der Waals surface area contributed by atoms with Gasteiger partial charge in [0.1, 0.15) is 26.9 Å². The number of phenols is 1. The SMILES string of the molecule is Nc1cccc(N=Nc2ccc(N=Nc3cc4cc(N=Nc5ccccc5)c(S(=O)(=O)O)cc4cc3S(=O)(=O)O)cc2)c1O. The lowest BCUT2D eigenvalue weighted by molar-refractivity contribution is 0.478. The number of hydrogen-bond donors (Lipinski definition) is 4. The smallest absolute Gasteiger partial charge is 0.296 e. The Morgan fingerprint density at radius 2 is 0.932 bits per heavy atom. The number of fused-ring (bicyclic) bond motifs is 1. The minimum atomic E-state index is -4.85. The fraction of sp³-hybridized carbons (Fsp3) is 0. The van der Waals surface area contributed by atoms with Crippen LogP contribution in [0.25, 0.3) is 10.8 Å². The molecular weight excluding hydrogens is 610 g/mol. The molecule has 0 atom stereocenters. The van der Waals surface area contributed by atoms with E-state index in [0.29, 0.717) is 11.4 Å². The Kier molecular flexibility index (Phi) is 8.23. The van der Waals surface area contributed by atoms with Crippen molar-refractivity contribution < 1.29 is 31.0 Å². The molecule has 0 aliphatic carbocycles. The van der Waals surface area contributed by atoms with E-state index < -0.39 is 30.0 Å². The Hall–Kier alpha value is -5.42. The van der Waals surface area contributed by atoms with Gasteiger partial charge in [0.25, 0.3) is 20.2 Å². The molecule has 0 saturated carbocycles. The standard InChI is InChI=1S/C28H21N7O7S2/c29-22-7-4-8-23(28(22)36)33-31-20-9-11-21(12-10-20)32-35-25-14-17-13-24(34-30-19-5-2-1-3-6-19)26(43(37,38)39)15-18(17)16-27(25)44(40,41)42/h1-16,36H,29H2,(H,37,38,39)(H,40,41,42). The molecule has 16 heteroatoms. The van der Waals surface area contributed by atoms with Crippen molar-refractivity contribution >= 4 is 70.8 Å². The zero-order valence-corrected chi connectivity index (χ0v) is 23.9. The lowest BCUT2D eigenvalue weighted by atomic mass is 10.1. The highest BCUT2D eigenvalue weighted by atomic mass is 32.2. The van der Waals surface area contributed by atoms with Gasteiger partial charge in [0.2, 0.25) is 0 Å².